The van der Waals surface area contributed by atoms with Crippen molar-refractivity contribution in [2.45, 2.75) is 36.4 Å². The van der Waals surface area contributed by atoms with E-state index in [4.69, 9.17) is 0 Å². The Hall–Kier alpha value is -2.63. The number of nitrogens with one attached hydrogen (secondary N) is 2. The number of aliphatic hydroxyl groups excluding tert-OH is 1. The lowest BCUT2D eigenvalue weighted by atomic mass is 9.93. The van der Waals surface area contributed by atoms with Crippen molar-refractivity contribution in [2.24, 2.45) is 7.05 Å². The fraction of sp³-hybridized carbons (Fsp3) is 0.350. The van der Waals surface area contributed by atoms with Crippen LogP contribution < -0.4 is 10.0 Å². The van der Waals surface area contributed by atoms with Crippen LogP contribution in [0.25, 0.3) is 0 Å². The van der Waals surface area contributed by atoms with Crippen LogP contribution in [0, 0.1) is 6.92 Å². The fourth-order valence-corrected chi connectivity index (χ4v) is 5.37. The van der Waals surface area contributed by atoms with E-state index < -0.39 is 39.8 Å². The van der Waals surface area contributed by atoms with Crippen molar-refractivity contribution in [1.82, 2.24) is 9.29 Å². The minimum absolute atomic E-state index is 0.00677. The Morgan fingerprint density at radius 3 is 2.68 bits per heavy atom. The molecule has 0 fully saturated rings. The number of halogens is 3. The molecular weight excluding hydrogens is 435 g/mol. The summed E-state index contributed by atoms with van der Waals surface area (Å²) in [6.45, 7) is 4.38. The van der Waals surface area contributed by atoms with Gasteiger partial charge in [0.2, 0.25) is 10.0 Å². The Bertz CT molecular complexity index is 1160. The smallest absolute Gasteiger partial charge is 0.394 e. The SMILES string of the molecule is C=C[C@@]1(CO)CCc2c(cn(C)c2C(=O)Nc2ccc(C)c(C(F)(F)F)c2)S(=O)(=O)N1. The van der Waals surface area contributed by atoms with E-state index in [1.807, 2.05) is 0 Å². The Morgan fingerprint density at radius 2 is 2.10 bits per heavy atom. The van der Waals surface area contributed by atoms with Gasteiger partial charge in [0.25, 0.3) is 5.91 Å². The summed E-state index contributed by atoms with van der Waals surface area (Å²) in [5.41, 5.74) is -1.99. The highest BCUT2D eigenvalue weighted by Gasteiger charge is 2.39. The maximum absolute atomic E-state index is 13.2. The predicted octanol–water partition coefficient (Wildman–Crippen LogP) is 2.75. The molecule has 0 unspecified atom stereocenters. The van der Waals surface area contributed by atoms with E-state index in [-0.39, 0.29) is 40.2 Å². The maximum Gasteiger partial charge on any atom is 0.416 e. The highest BCUT2D eigenvalue weighted by Crippen LogP contribution is 2.34. The number of rotatable bonds is 4. The van der Waals surface area contributed by atoms with Crippen LogP contribution in [0.15, 0.2) is 41.9 Å². The van der Waals surface area contributed by atoms with Gasteiger partial charge in [-0.15, -0.1) is 6.58 Å². The van der Waals surface area contributed by atoms with Crippen molar-refractivity contribution in [1.29, 1.82) is 0 Å². The van der Waals surface area contributed by atoms with Crippen LogP contribution in [-0.2, 0) is 29.7 Å². The number of fused-ring (bicyclic) bond motifs is 1. The first kappa shape index (κ1) is 23.0. The lowest BCUT2D eigenvalue weighted by Gasteiger charge is -2.27. The number of hydrogen-bond donors (Lipinski definition) is 3. The monoisotopic (exact) mass is 457 g/mol. The van der Waals surface area contributed by atoms with Crippen LogP contribution >= 0.6 is 0 Å². The number of nitrogens with zero attached hydrogens (tertiary/aromatic N) is 1. The first-order valence-corrected chi connectivity index (χ1v) is 10.8. The normalized spacial score (nSPS) is 20.6. The molecule has 3 N–H and O–H groups in total. The summed E-state index contributed by atoms with van der Waals surface area (Å²) in [5, 5.41) is 12.1. The molecule has 1 amide bonds. The first-order chi connectivity index (χ1) is 14.3. The van der Waals surface area contributed by atoms with Crippen molar-refractivity contribution in [2.75, 3.05) is 11.9 Å². The summed E-state index contributed by atoms with van der Waals surface area (Å²) in [4.78, 5) is 12.8. The van der Waals surface area contributed by atoms with Crippen molar-refractivity contribution < 1.29 is 31.5 Å². The molecule has 0 aliphatic carbocycles. The number of amides is 1. The molecule has 1 aliphatic rings. The molecule has 11 heteroatoms. The van der Waals surface area contributed by atoms with Gasteiger partial charge >= 0.3 is 6.18 Å². The molecular formula is C20H22F3N3O4S. The second-order valence-electron chi connectivity index (χ2n) is 7.54. The molecule has 0 spiro atoms. The zero-order valence-corrected chi connectivity index (χ0v) is 17.7. The van der Waals surface area contributed by atoms with Gasteiger partial charge in [-0.05, 0) is 37.5 Å². The zero-order valence-electron chi connectivity index (χ0n) is 16.9. The largest absolute Gasteiger partial charge is 0.416 e. The molecule has 2 heterocycles. The van der Waals surface area contributed by atoms with Gasteiger partial charge < -0.3 is 15.0 Å². The van der Waals surface area contributed by atoms with E-state index in [0.717, 1.165) is 6.07 Å². The molecule has 1 aliphatic heterocycles. The third kappa shape index (κ3) is 4.25. The summed E-state index contributed by atoms with van der Waals surface area (Å²) in [7, 11) is -2.61. The van der Waals surface area contributed by atoms with Gasteiger partial charge in [-0.2, -0.15) is 17.9 Å². The Kier molecular flexibility index (Phi) is 5.80. The molecule has 0 saturated carbocycles. The van der Waals surface area contributed by atoms with Crippen LogP contribution in [0.2, 0.25) is 0 Å². The first-order valence-electron chi connectivity index (χ1n) is 9.29. The molecule has 3 rings (SSSR count). The quantitative estimate of drug-likeness (QED) is 0.615. The van der Waals surface area contributed by atoms with Crippen LogP contribution in [0.5, 0.6) is 0 Å². The van der Waals surface area contributed by atoms with E-state index in [1.165, 1.54) is 42.9 Å². The van der Waals surface area contributed by atoms with Gasteiger partial charge in [0.05, 0.1) is 17.7 Å². The second-order valence-corrected chi connectivity index (χ2v) is 9.19. The molecule has 168 valence electrons. The second kappa shape index (κ2) is 7.81. The summed E-state index contributed by atoms with van der Waals surface area (Å²) >= 11 is 0. The fourth-order valence-electron chi connectivity index (χ4n) is 3.66. The zero-order chi connectivity index (χ0) is 23.2. The predicted molar refractivity (Wildman–Crippen MR) is 108 cm³/mol. The molecule has 2 aromatic rings. The summed E-state index contributed by atoms with van der Waals surface area (Å²) in [6, 6.07) is 3.43. The Morgan fingerprint density at radius 1 is 1.42 bits per heavy atom. The number of hydrogen-bond acceptors (Lipinski definition) is 4. The van der Waals surface area contributed by atoms with Crippen molar-refractivity contribution >= 4 is 21.6 Å². The maximum atomic E-state index is 13.2. The van der Waals surface area contributed by atoms with Gasteiger partial charge in [-0.3, -0.25) is 4.79 Å². The minimum Gasteiger partial charge on any atom is -0.394 e. The van der Waals surface area contributed by atoms with Crippen LogP contribution in [0.1, 0.15) is 33.6 Å². The summed E-state index contributed by atoms with van der Waals surface area (Å²) in [5.74, 6) is -0.744. The number of alkyl halides is 3. The minimum atomic E-state index is -4.58. The topological polar surface area (TPSA) is 100 Å². The number of aromatic nitrogens is 1. The van der Waals surface area contributed by atoms with E-state index in [1.54, 1.807) is 0 Å². The van der Waals surface area contributed by atoms with Gasteiger partial charge in [-0.1, -0.05) is 12.1 Å². The van der Waals surface area contributed by atoms with Crippen LogP contribution in [-0.4, -0.2) is 36.1 Å². The summed E-state index contributed by atoms with van der Waals surface area (Å²) < 4.78 is 68.9. The Balaban J connectivity index is 2.01. The molecule has 1 aromatic heterocycles. The average molecular weight is 457 g/mol. The van der Waals surface area contributed by atoms with Gasteiger partial charge in [0.1, 0.15) is 10.6 Å². The third-order valence-electron chi connectivity index (χ3n) is 5.38. The van der Waals surface area contributed by atoms with Crippen LogP contribution in [0.4, 0.5) is 18.9 Å². The number of sulfonamides is 1. The number of aryl methyl sites for hydroxylation is 2. The molecule has 1 atom stereocenters. The highest BCUT2D eigenvalue weighted by atomic mass is 32.2. The van der Waals surface area contributed by atoms with Gasteiger partial charge in [-0.25, -0.2) is 8.42 Å². The van der Waals surface area contributed by atoms with Crippen LogP contribution in [0.3, 0.4) is 0 Å². The molecule has 7 nitrogen and oxygen atoms in total. The highest BCUT2D eigenvalue weighted by molar-refractivity contribution is 7.89. The van der Waals surface area contributed by atoms with E-state index in [2.05, 4.69) is 16.6 Å². The molecule has 31 heavy (non-hydrogen) atoms. The standard InChI is InChI=1S/C20H22F3N3O4S/c1-4-19(11-27)8-7-14-16(31(29,30)25-19)10-26(3)17(14)18(28)24-13-6-5-12(2)15(9-13)20(21,22)23/h4-6,9-10,25,27H,1,7-8,11H2,2-3H3,(H,24,28)/t19-/m0/s1. The van der Waals surface area contributed by atoms with Crippen molar-refractivity contribution in [3.8, 4) is 0 Å². The van der Waals surface area contributed by atoms with E-state index in [9.17, 15) is 31.5 Å². The molecule has 1 aromatic carbocycles. The van der Waals surface area contributed by atoms with Gasteiger partial charge in [0.15, 0.2) is 0 Å². The van der Waals surface area contributed by atoms with Crippen molar-refractivity contribution in [3.63, 3.8) is 0 Å². The average Bonchev–Trinajstić information content (AvgIpc) is 2.98. The van der Waals surface area contributed by atoms with E-state index in [0.29, 0.717) is 0 Å². The van der Waals surface area contributed by atoms with E-state index >= 15 is 0 Å². The van der Waals surface area contributed by atoms with Gasteiger partial charge in [0, 0.05) is 24.5 Å². The van der Waals surface area contributed by atoms with Crippen molar-refractivity contribution in [3.05, 3.63) is 59.4 Å². The lowest BCUT2D eigenvalue weighted by molar-refractivity contribution is -0.138. The summed E-state index contributed by atoms with van der Waals surface area (Å²) in [6.07, 6.45) is -1.74. The Labute approximate surface area is 177 Å². The molecule has 0 bridgehead atoms. The third-order valence-corrected chi connectivity index (χ3v) is 6.99. The number of carbonyl (C=O) groups excluding carboxylic acids is 1. The number of benzene rings is 1. The number of anilines is 1. The number of carbonyl (C=O) groups is 1. The number of aliphatic hydroxyl groups is 1. The molecule has 0 radical (unpaired) electrons. The lowest BCUT2D eigenvalue weighted by Crippen LogP contribution is -2.48. The molecule has 0 saturated heterocycles.